The van der Waals surface area contributed by atoms with Crippen molar-refractivity contribution in [2.24, 2.45) is 0 Å². The average molecular weight is 453 g/mol. The minimum Gasteiger partial charge on any atom is -0.326 e. The number of nitrogens with zero attached hydrogens (tertiary/aromatic N) is 2. The SMILES string of the molecule is CCCC(C(=O)Nc1ccc(NC(=O)C(C)n2nc(C)cc2C)c(Cl)c1)c1ccccc1. The molecule has 0 bridgehead atoms. The van der Waals surface area contributed by atoms with Gasteiger partial charge in [-0.2, -0.15) is 5.10 Å². The molecule has 2 amide bonds. The fourth-order valence-corrected chi connectivity index (χ4v) is 3.96. The van der Waals surface area contributed by atoms with Crippen molar-refractivity contribution >= 4 is 34.8 Å². The first-order valence-electron chi connectivity index (χ1n) is 10.8. The van der Waals surface area contributed by atoms with Gasteiger partial charge in [0.2, 0.25) is 11.8 Å². The average Bonchev–Trinajstić information content (AvgIpc) is 3.11. The van der Waals surface area contributed by atoms with Crippen molar-refractivity contribution in [3.63, 3.8) is 0 Å². The number of benzene rings is 2. The molecule has 2 N–H and O–H groups in total. The van der Waals surface area contributed by atoms with Crippen LogP contribution in [0.2, 0.25) is 5.02 Å². The minimum atomic E-state index is -0.486. The molecule has 1 aromatic heterocycles. The van der Waals surface area contributed by atoms with Gasteiger partial charge in [0.05, 0.1) is 22.3 Å². The zero-order chi connectivity index (χ0) is 23.3. The highest BCUT2D eigenvalue weighted by Crippen LogP contribution is 2.28. The number of hydrogen-bond donors (Lipinski definition) is 2. The van der Waals surface area contributed by atoms with E-state index in [1.165, 1.54) is 0 Å². The Labute approximate surface area is 194 Å². The summed E-state index contributed by atoms with van der Waals surface area (Å²) in [6.07, 6.45) is 1.65. The molecular formula is C25H29ClN4O2. The highest BCUT2D eigenvalue weighted by molar-refractivity contribution is 6.34. The molecule has 0 saturated heterocycles. The molecule has 0 saturated carbocycles. The lowest BCUT2D eigenvalue weighted by molar-refractivity contribution is -0.119. The molecule has 0 aliphatic carbocycles. The van der Waals surface area contributed by atoms with E-state index in [1.54, 1.807) is 29.8 Å². The third-order valence-corrected chi connectivity index (χ3v) is 5.69. The van der Waals surface area contributed by atoms with Crippen LogP contribution in [0.4, 0.5) is 11.4 Å². The molecule has 2 unspecified atom stereocenters. The molecule has 0 radical (unpaired) electrons. The molecule has 168 valence electrons. The summed E-state index contributed by atoms with van der Waals surface area (Å²) >= 11 is 6.41. The number of hydrogen-bond acceptors (Lipinski definition) is 3. The van der Waals surface area contributed by atoms with Crippen LogP contribution in [-0.4, -0.2) is 21.6 Å². The summed E-state index contributed by atoms with van der Waals surface area (Å²) in [4.78, 5) is 25.6. The van der Waals surface area contributed by atoms with E-state index in [2.05, 4.69) is 22.7 Å². The Bertz CT molecular complexity index is 1090. The summed E-state index contributed by atoms with van der Waals surface area (Å²) < 4.78 is 1.69. The Morgan fingerprint density at radius 1 is 1.03 bits per heavy atom. The maximum absolute atomic E-state index is 12.9. The van der Waals surface area contributed by atoms with Gasteiger partial charge in [0, 0.05) is 11.4 Å². The topological polar surface area (TPSA) is 76.0 Å². The van der Waals surface area contributed by atoms with Crippen molar-refractivity contribution in [3.05, 3.63) is 76.6 Å². The first-order valence-corrected chi connectivity index (χ1v) is 11.2. The predicted molar refractivity (Wildman–Crippen MR) is 129 cm³/mol. The van der Waals surface area contributed by atoms with Crippen molar-refractivity contribution in [3.8, 4) is 0 Å². The van der Waals surface area contributed by atoms with E-state index in [9.17, 15) is 9.59 Å². The molecule has 3 aromatic rings. The maximum atomic E-state index is 12.9. The molecule has 0 aliphatic heterocycles. The molecule has 6 nitrogen and oxygen atoms in total. The second-order valence-corrected chi connectivity index (χ2v) is 8.38. The fraction of sp³-hybridized carbons (Fsp3) is 0.320. The molecular weight excluding hydrogens is 424 g/mol. The van der Waals surface area contributed by atoms with Crippen molar-refractivity contribution in [2.75, 3.05) is 10.6 Å². The van der Waals surface area contributed by atoms with Crippen LogP contribution >= 0.6 is 11.6 Å². The molecule has 32 heavy (non-hydrogen) atoms. The standard InChI is InChI=1S/C25H29ClN4O2/c1-5-9-21(19-10-7-6-8-11-19)25(32)27-20-12-13-23(22(26)15-20)28-24(31)18(4)30-17(3)14-16(2)29-30/h6-8,10-15,18,21H,5,9H2,1-4H3,(H,27,32)(H,28,31). The molecule has 0 fully saturated rings. The zero-order valence-electron chi connectivity index (χ0n) is 18.9. The smallest absolute Gasteiger partial charge is 0.248 e. The first-order chi connectivity index (χ1) is 15.3. The van der Waals surface area contributed by atoms with Gasteiger partial charge in [0.25, 0.3) is 0 Å². The van der Waals surface area contributed by atoms with E-state index in [0.29, 0.717) is 16.4 Å². The summed E-state index contributed by atoms with van der Waals surface area (Å²) in [5, 5.41) is 10.5. The van der Waals surface area contributed by atoms with Crippen molar-refractivity contribution in [1.82, 2.24) is 9.78 Å². The monoisotopic (exact) mass is 452 g/mol. The number of halogens is 1. The zero-order valence-corrected chi connectivity index (χ0v) is 19.6. The molecule has 2 aromatic carbocycles. The largest absolute Gasteiger partial charge is 0.326 e. The number of nitrogens with one attached hydrogen (secondary N) is 2. The number of carbonyl (C=O) groups excluding carboxylic acids is 2. The van der Waals surface area contributed by atoms with Crippen molar-refractivity contribution < 1.29 is 9.59 Å². The van der Waals surface area contributed by atoms with Gasteiger partial charge in [-0.15, -0.1) is 0 Å². The van der Waals surface area contributed by atoms with Crippen LogP contribution in [0.3, 0.4) is 0 Å². The lowest BCUT2D eigenvalue weighted by atomic mass is 9.93. The number of anilines is 2. The number of rotatable bonds is 8. The maximum Gasteiger partial charge on any atom is 0.248 e. The second kappa shape index (κ2) is 10.5. The quantitative estimate of drug-likeness (QED) is 0.448. The fourth-order valence-electron chi connectivity index (χ4n) is 3.73. The minimum absolute atomic E-state index is 0.0796. The lowest BCUT2D eigenvalue weighted by Crippen LogP contribution is -2.25. The predicted octanol–water partition coefficient (Wildman–Crippen LogP) is 5.88. The Morgan fingerprint density at radius 2 is 1.75 bits per heavy atom. The van der Waals surface area contributed by atoms with Gasteiger partial charge in [-0.1, -0.05) is 55.3 Å². The van der Waals surface area contributed by atoms with E-state index < -0.39 is 6.04 Å². The summed E-state index contributed by atoms with van der Waals surface area (Å²) in [5.74, 6) is -0.535. The molecule has 2 atom stereocenters. The first kappa shape index (κ1) is 23.5. The van der Waals surface area contributed by atoms with Crippen LogP contribution in [0, 0.1) is 13.8 Å². The van der Waals surface area contributed by atoms with Crippen LogP contribution < -0.4 is 10.6 Å². The molecule has 0 spiro atoms. The molecule has 1 heterocycles. The van der Waals surface area contributed by atoms with Crippen LogP contribution in [0.25, 0.3) is 0 Å². The van der Waals surface area contributed by atoms with Gasteiger partial charge < -0.3 is 10.6 Å². The number of aromatic nitrogens is 2. The van der Waals surface area contributed by atoms with Gasteiger partial charge in [0.1, 0.15) is 6.04 Å². The van der Waals surface area contributed by atoms with Crippen LogP contribution in [-0.2, 0) is 9.59 Å². The summed E-state index contributed by atoms with van der Waals surface area (Å²) in [5.41, 5.74) is 3.82. The summed E-state index contributed by atoms with van der Waals surface area (Å²) in [6.45, 7) is 7.65. The van der Waals surface area contributed by atoms with Gasteiger partial charge in [-0.3, -0.25) is 14.3 Å². The van der Waals surface area contributed by atoms with Crippen molar-refractivity contribution in [2.45, 2.75) is 52.5 Å². The van der Waals surface area contributed by atoms with Gasteiger partial charge in [-0.05, 0) is 57.0 Å². The van der Waals surface area contributed by atoms with Gasteiger partial charge in [0.15, 0.2) is 0 Å². The highest BCUT2D eigenvalue weighted by Gasteiger charge is 2.21. The Kier molecular flexibility index (Phi) is 7.70. The van der Waals surface area contributed by atoms with Crippen LogP contribution in [0.15, 0.2) is 54.6 Å². The summed E-state index contributed by atoms with van der Waals surface area (Å²) in [6, 6.07) is 16.3. The lowest BCUT2D eigenvalue weighted by Gasteiger charge is -2.18. The van der Waals surface area contributed by atoms with Gasteiger partial charge in [-0.25, -0.2) is 0 Å². The Morgan fingerprint density at radius 3 is 2.34 bits per heavy atom. The van der Waals surface area contributed by atoms with E-state index >= 15 is 0 Å². The van der Waals surface area contributed by atoms with E-state index in [4.69, 9.17) is 11.6 Å². The summed E-state index contributed by atoms with van der Waals surface area (Å²) in [7, 11) is 0. The normalized spacial score (nSPS) is 12.8. The second-order valence-electron chi connectivity index (χ2n) is 7.97. The molecule has 3 rings (SSSR count). The number of aryl methyl sites for hydroxylation is 2. The van der Waals surface area contributed by atoms with E-state index in [0.717, 1.165) is 29.8 Å². The van der Waals surface area contributed by atoms with E-state index in [1.807, 2.05) is 50.2 Å². The number of carbonyl (C=O) groups is 2. The third kappa shape index (κ3) is 5.56. The van der Waals surface area contributed by atoms with E-state index in [-0.39, 0.29) is 17.7 Å². The molecule has 0 aliphatic rings. The van der Waals surface area contributed by atoms with Crippen LogP contribution in [0.1, 0.15) is 55.6 Å². The molecule has 7 heteroatoms. The Balaban J connectivity index is 1.70. The highest BCUT2D eigenvalue weighted by atomic mass is 35.5. The van der Waals surface area contributed by atoms with Gasteiger partial charge >= 0.3 is 0 Å². The number of amides is 2. The third-order valence-electron chi connectivity index (χ3n) is 5.38. The van der Waals surface area contributed by atoms with Crippen LogP contribution in [0.5, 0.6) is 0 Å². The van der Waals surface area contributed by atoms with Crippen molar-refractivity contribution in [1.29, 1.82) is 0 Å². The Hall–Kier alpha value is -3.12.